The van der Waals surface area contributed by atoms with E-state index >= 15 is 0 Å². The van der Waals surface area contributed by atoms with Crippen molar-refractivity contribution in [3.8, 4) is 0 Å². The van der Waals surface area contributed by atoms with Gasteiger partial charge in [0.2, 0.25) is 0 Å². The van der Waals surface area contributed by atoms with Gasteiger partial charge in [-0.25, -0.2) is 0 Å². The molecule has 2 aliphatic rings. The van der Waals surface area contributed by atoms with Gasteiger partial charge in [0.25, 0.3) is 0 Å². The number of aromatic nitrogens is 3. The van der Waals surface area contributed by atoms with Crippen molar-refractivity contribution in [2.24, 2.45) is 11.3 Å². The van der Waals surface area contributed by atoms with Gasteiger partial charge in [0.15, 0.2) is 0 Å². The quantitative estimate of drug-likeness (QED) is 0.777. The molecule has 3 rings (SSSR count). The fourth-order valence-electron chi connectivity index (χ4n) is 4.48. The maximum absolute atomic E-state index is 4.27. The van der Waals surface area contributed by atoms with Gasteiger partial charge in [-0.2, -0.15) is 0 Å². The number of likely N-dealkylation sites (tertiary alicyclic amines) is 2. The predicted molar refractivity (Wildman–Crippen MR) is 101 cm³/mol. The minimum Gasteiger partial charge on any atom is -0.314 e. The van der Waals surface area contributed by atoms with Crippen molar-refractivity contribution in [3.05, 3.63) is 11.9 Å². The van der Waals surface area contributed by atoms with Crippen LogP contribution in [0.15, 0.2) is 6.20 Å². The lowest BCUT2D eigenvalue weighted by Crippen LogP contribution is -2.44. The second-order valence-corrected chi connectivity index (χ2v) is 8.83. The predicted octanol–water partition coefficient (Wildman–Crippen LogP) is 1.83. The van der Waals surface area contributed by atoms with E-state index in [0.29, 0.717) is 5.41 Å². The Morgan fingerprint density at radius 3 is 2.36 bits per heavy atom. The molecule has 0 radical (unpaired) electrons. The maximum Gasteiger partial charge on any atom is 0.0964 e. The van der Waals surface area contributed by atoms with Gasteiger partial charge in [0, 0.05) is 32.4 Å². The molecule has 2 aliphatic heterocycles. The van der Waals surface area contributed by atoms with Crippen LogP contribution in [-0.2, 0) is 13.1 Å². The molecule has 0 saturated carbocycles. The Hall–Kier alpha value is -0.980. The average molecular weight is 349 g/mol. The first-order valence-electron chi connectivity index (χ1n) is 10.0. The summed E-state index contributed by atoms with van der Waals surface area (Å²) in [4.78, 5) is 5.33. The summed E-state index contributed by atoms with van der Waals surface area (Å²) < 4.78 is 2.03. The van der Waals surface area contributed by atoms with Crippen molar-refractivity contribution >= 4 is 0 Å². The monoisotopic (exact) mass is 348 g/mol. The first-order valence-corrected chi connectivity index (χ1v) is 10.0. The van der Waals surface area contributed by atoms with Crippen molar-refractivity contribution in [2.75, 3.05) is 46.3 Å². The molecule has 0 unspecified atom stereocenters. The fraction of sp³-hybridized carbons (Fsp3) is 0.895. The molecule has 1 aromatic heterocycles. The van der Waals surface area contributed by atoms with E-state index in [0.717, 1.165) is 24.7 Å². The zero-order valence-corrected chi connectivity index (χ0v) is 16.4. The highest BCUT2D eigenvalue weighted by atomic mass is 15.4. The van der Waals surface area contributed by atoms with Crippen LogP contribution in [0, 0.1) is 11.3 Å². The molecule has 0 amide bonds. The summed E-state index contributed by atoms with van der Waals surface area (Å²) >= 11 is 0. The Bertz CT molecular complexity index is 512. The summed E-state index contributed by atoms with van der Waals surface area (Å²) in [6, 6.07) is 0. The lowest BCUT2D eigenvalue weighted by atomic mass is 9.89. The number of nitrogens with zero attached hydrogens (tertiary/aromatic N) is 5. The maximum atomic E-state index is 4.27. The largest absolute Gasteiger partial charge is 0.314 e. The Balaban J connectivity index is 1.40. The summed E-state index contributed by atoms with van der Waals surface area (Å²) in [5, 5.41) is 11.6. The van der Waals surface area contributed by atoms with Gasteiger partial charge in [0.1, 0.15) is 0 Å². The molecule has 0 bridgehead atoms. The van der Waals surface area contributed by atoms with Crippen LogP contribution in [0.25, 0.3) is 0 Å². The molecule has 1 aromatic rings. The molecule has 0 atom stereocenters. The second kappa shape index (κ2) is 8.60. The molecular weight excluding hydrogens is 312 g/mol. The highest BCUT2D eigenvalue weighted by molar-refractivity contribution is 4.91. The molecule has 2 saturated heterocycles. The minimum atomic E-state index is 0.394. The van der Waals surface area contributed by atoms with Gasteiger partial charge in [0.05, 0.1) is 5.69 Å². The third kappa shape index (κ3) is 5.76. The van der Waals surface area contributed by atoms with E-state index in [1.54, 1.807) is 0 Å². The third-order valence-corrected chi connectivity index (χ3v) is 5.60. The SMILES string of the molecule is CNCc1cn(CC2CCN(CC(C)(C)CN3CCCC3)CC2)nn1. The van der Waals surface area contributed by atoms with Gasteiger partial charge in [-0.3, -0.25) is 4.68 Å². The number of rotatable bonds is 8. The van der Waals surface area contributed by atoms with Crippen LogP contribution in [0.2, 0.25) is 0 Å². The van der Waals surface area contributed by atoms with Crippen molar-refractivity contribution in [1.82, 2.24) is 30.1 Å². The number of piperidine rings is 1. The Morgan fingerprint density at radius 2 is 1.72 bits per heavy atom. The van der Waals surface area contributed by atoms with Gasteiger partial charge in [-0.05, 0) is 70.2 Å². The molecule has 0 spiro atoms. The standard InChI is InChI=1S/C19H36N6/c1-19(2,15-23-8-4-5-9-23)16-24-10-6-17(7-11-24)13-25-14-18(12-20-3)21-22-25/h14,17,20H,4-13,15-16H2,1-3H3. The molecule has 1 N–H and O–H groups in total. The molecule has 0 aliphatic carbocycles. The Labute approximate surface area is 152 Å². The van der Waals surface area contributed by atoms with E-state index in [1.165, 1.54) is 65.0 Å². The molecule has 3 heterocycles. The van der Waals surface area contributed by atoms with Crippen LogP contribution in [-0.4, -0.2) is 71.1 Å². The summed E-state index contributed by atoms with van der Waals surface area (Å²) in [5.41, 5.74) is 1.43. The molecule has 0 aromatic carbocycles. The number of hydrogen-bond acceptors (Lipinski definition) is 5. The van der Waals surface area contributed by atoms with Crippen molar-refractivity contribution in [3.63, 3.8) is 0 Å². The highest BCUT2D eigenvalue weighted by Crippen LogP contribution is 2.25. The first kappa shape index (κ1) is 18.8. The molecule has 6 heteroatoms. The van der Waals surface area contributed by atoms with E-state index in [4.69, 9.17) is 0 Å². The van der Waals surface area contributed by atoms with Crippen LogP contribution in [0.1, 0.15) is 45.2 Å². The van der Waals surface area contributed by atoms with Crippen LogP contribution >= 0.6 is 0 Å². The summed E-state index contributed by atoms with van der Waals surface area (Å²) in [5.74, 6) is 0.738. The minimum absolute atomic E-state index is 0.394. The fourth-order valence-corrected chi connectivity index (χ4v) is 4.48. The number of hydrogen-bond donors (Lipinski definition) is 1. The van der Waals surface area contributed by atoms with Gasteiger partial charge >= 0.3 is 0 Å². The van der Waals surface area contributed by atoms with Crippen molar-refractivity contribution in [1.29, 1.82) is 0 Å². The zero-order chi connectivity index (χ0) is 17.7. The summed E-state index contributed by atoms with van der Waals surface area (Å²) in [6.07, 6.45) is 7.42. The molecule has 2 fully saturated rings. The lowest BCUT2D eigenvalue weighted by molar-refractivity contribution is 0.0980. The Morgan fingerprint density at radius 1 is 1.08 bits per heavy atom. The third-order valence-electron chi connectivity index (χ3n) is 5.60. The summed E-state index contributed by atoms with van der Waals surface area (Å²) in [7, 11) is 1.94. The topological polar surface area (TPSA) is 49.2 Å². The highest BCUT2D eigenvalue weighted by Gasteiger charge is 2.28. The van der Waals surface area contributed by atoms with Crippen LogP contribution in [0.5, 0.6) is 0 Å². The lowest BCUT2D eigenvalue weighted by Gasteiger charge is -2.39. The number of nitrogens with one attached hydrogen (secondary N) is 1. The van der Waals surface area contributed by atoms with Crippen LogP contribution in [0.4, 0.5) is 0 Å². The van der Waals surface area contributed by atoms with E-state index < -0.39 is 0 Å². The average Bonchev–Trinajstić information content (AvgIpc) is 3.21. The normalized spacial score (nSPS) is 21.2. The smallest absolute Gasteiger partial charge is 0.0964 e. The van der Waals surface area contributed by atoms with E-state index in [-0.39, 0.29) is 0 Å². The Kier molecular flexibility index (Phi) is 6.47. The van der Waals surface area contributed by atoms with E-state index in [2.05, 4.69) is 45.5 Å². The molecule has 25 heavy (non-hydrogen) atoms. The first-order chi connectivity index (χ1) is 12.0. The van der Waals surface area contributed by atoms with Gasteiger partial charge < -0.3 is 15.1 Å². The van der Waals surface area contributed by atoms with Gasteiger partial charge in [-0.15, -0.1) is 5.10 Å². The van der Waals surface area contributed by atoms with E-state index in [9.17, 15) is 0 Å². The van der Waals surface area contributed by atoms with Crippen molar-refractivity contribution < 1.29 is 0 Å². The molecular formula is C19H36N6. The van der Waals surface area contributed by atoms with E-state index in [1.807, 2.05) is 11.7 Å². The van der Waals surface area contributed by atoms with Crippen LogP contribution in [0.3, 0.4) is 0 Å². The summed E-state index contributed by atoms with van der Waals surface area (Å²) in [6.45, 7) is 14.2. The second-order valence-electron chi connectivity index (χ2n) is 8.83. The van der Waals surface area contributed by atoms with Crippen molar-refractivity contribution in [2.45, 2.75) is 52.6 Å². The van der Waals surface area contributed by atoms with Crippen LogP contribution < -0.4 is 5.32 Å². The van der Waals surface area contributed by atoms with Gasteiger partial charge in [-0.1, -0.05) is 19.1 Å². The zero-order valence-electron chi connectivity index (χ0n) is 16.4. The molecule has 6 nitrogen and oxygen atoms in total. The molecule has 142 valence electrons.